The molecule has 1 fully saturated rings. The van der Waals surface area contributed by atoms with E-state index in [1.54, 1.807) is 0 Å². The van der Waals surface area contributed by atoms with Crippen molar-refractivity contribution in [3.05, 3.63) is 22.2 Å². The first-order valence-corrected chi connectivity index (χ1v) is 7.79. The van der Waals surface area contributed by atoms with Crippen LogP contribution in [0.4, 0.5) is 5.69 Å². The van der Waals surface area contributed by atoms with Gasteiger partial charge in [0.2, 0.25) is 0 Å². The molecule has 112 valence electrons. The van der Waals surface area contributed by atoms with Gasteiger partial charge in [0.1, 0.15) is 0 Å². The number of hydrogen-bond donors (Lipinski definition) is 1. The zero-order valence-electron chi connectivity index (χ0n) is 12.1. The number of tetrazole rings is 1. The third-order valence-electron chi connectivity index (χ3n) is 4.18. The Kier molecular flexibility index (Phi) is 3.95. The fraction of sp³-hybridized carbons (Fsp3) is 0.500. The van der Waals surface area contributed by atoms with Crippen LogP contribution >= 0.6 is 15.9 Å². The topological polar surface area (TPSA) is 78.9 Å². The lowest BCUT2D eigenvalue weighted by Crippen LogP contribution is -2.19. The van der Waals surface area contributed by atoms with E-state index >= 15 is 0 Å². The number of anilines is 1. The van der Waals surface area contributed by atoms with Crippen LogP contribution in [0.1, 0.15) is 24.9 Å². The second-order valence-electron chi connectivity index (χ2n) is 5.48. The number of aromatic nitrogens is 4. The van der Waals surface area contributed by atoms with Crippen molar-refractivity contribution in [3.63, 3.8) is 0 Å². The molecule has 0 spiro atoms. The number of ether oxygens (including phenoxy) is 1. The molecule has 0 amide bonds. The van der Waals surface area contributed by atoms with Gasteiger partial charge in [0.05, 0.1) is 12.6 Å². The highest BCUT2D eigenvalue weighted by atomic mass is 79.9. The second-order valence-corrected chi connectivity index (χ2v) is 6.39. The molecule has 1 aliphatic rings. The summed E-state index contributed by atoms with van der Waals surface area (Å²) in [6, 6.07) is 4.09. The molecule has 1 aromatic carbocycles. The van der Waals surface area contributed by atoms with Crippen LogP contribution in [-0.4, -0.2) is 33.4 Å². The monoisotopic (exact) mass is 351 g/mol. The van der Waals surface area contributed by atoms with E-state index in [0.717, 1.165) is 46.7 Å². The highest BCUT2D eigenvalue weighted by molar-refractivity contribution is 9.10. The predicted molar refractivity (Wildman–Crippen MR) is 83.7 cm³/mol. The Bertz CT molecular complexity index is 651. The van der Waals surface area contributed by atoms with Crippen molar-refractivity contribution in [3.8, 4) is 11.4 Å². The lowest BCUT2D eigenvalue weighted by molar-refractivity contribution is 0.173. The first-order valence-electron chi connectivity index (χ1n) is 6.99. The molecule has 1 aliphatic heterocycles. The normalized spacial score (nSPS) is 19.9. The zero-order valence-corrected chi connectivity index (χ0v) is 13.7. The molecule has 1 saturated heterocycles. The van der Waals surface area contributed by atoms with Crippen LogP contribution in [0.3, 0.4) is 0 Å². The van der Waals surface area contributed by atoms with E-state index in [9.17, 15) is 0 Å². The van der Waals surface area contributed by atoms with Crippen molar-refractivity contribution >= 4 is 21.6 Å². The third-order valence-corrected chi connectivity index (χ3v) is 4.64. The molecule has 0 bridgehead atoms. The van der Waals surface area contributed by atoms with E-state index in [1.807, 2.05) is 23.7 Å². The molecule has 0 radical (unpaired) electrons. The molecule has 2 atom stereocenters. The van der Waals surface area contributed by atoms with Gasteiger partial charge in [0, 0.05) is 28.2 Å². The van der Waals surface area contributed by atoms with Crippen molar-refractivity contribution in [2.24, 2.45) is 5.92 Å². The molecule has 21 heavy (non-hydrogen) atoms. The van der Waals surface area contributed by atoms with E-state index in [0.29, 0.717) is 5.92 Å². The molecule has 7 heteroatoms. The molecule has 2 aromatic rings. The van der Waals surface area contributed by atoms with Crippen molar-refractivity contribution < 1.29 is 4.74 Å². The maximum Gasteiger partial charge on any atom is 0.182 e. The van der Waals surface area contributed by atoms with Gasteiger partial charge in [-0.2, -0.15) is 0 Å². The van der Waals surface area contributed by atoms with E-state index in [-0.39, 0.29) is 6.04 Å². The molecular formula is C14H18BrN5O. The summed E-state index contributed by atoms with van der Waals surface area (Å²) in [5.41, 5.74) is 8.72. The van der Waals surface area contributed by atoms with E-state index in [4.69, 9.17) is 10.5 Å². The van der Waals surface area contributed by atoms with E-state index in [1.165, 1.54) is 0 Å². The highest BCUT2D eigenvalue weighted by Gasteiger charge is 2.27. The largest absolute Gasteiger partial charge is 0.398 e. The third kappa shape index (κ3) is 2.67. The van der Waals surface area contributed by atoms with Crippen LogP contribution in [0.15, 0.2) is 16.6 Å². The van der Waals surface area contributed by atoms with E-state index < -0.39 is 0 Å². The zero-order chi connectivity index (χ0) is 15.0. The fourth-order valence-electron chi connectivity index (χ4n) is 2.71. The molecule has 2 N–H and O–H groups in total. The Morgan fingerprint density at radius 2 is 2.29 bits per heavy atom. The highest BCUT2D eigenvalue weighted by Crippen LogP contribution is 2.33. The number of nitrogens with two attached hydrogens (primary N) is 1. The Morgan fingerprint density at radius 1 is 1.48 bits per heavy atom. The number of hydrogen-bond acceptors (Lipinski definition) is 5. The summed E-state index contributed by atoms with van der Waals surface area (Å²) in [5, 5.41) is 12.2. The summed E-state index contributed by atoms with van der Waals surface area (Å²) < 4.78 is 8.28. The Labute approximate surface area is 131 Å². The average Bonchev–Trinajstić information content (AvgIpc) is 3.12. The summed E-state index contributed by atoms with van der Waals surface area (Å²) in [7, 11) is 0. The van der Waals surface area contributed by atoms with Crippen molar-refractivity contribution in [2.45, 2.75) is 26.3 Å². The molecule has 3 rings (SSSR count). The molecule has 2 unspecified atom stereocenters. The molecule has 2 heterocycles. The minimum atomic E-state index is 0.192. The van der Waals surface area contributed by atoms with Gasteiger partial charge in [-0.05, 0) is 48.4 Å². The van der Waals surface area contributed by atoms with Crippen LogP contribution in [0.25, 0.3) is 11.4 Å². The first-order chi connectivity index (χ1) is 10.1. The number of benzene rings is 1. The van der Waals surface area contributed by atoms with E-state index in [2.05, 4.69) is 38.4 Å². The standard InChI is InChI=1S/C14H18BrN5O/c1-8-12(5-11(15)6-13(8)16)14-17-18-19-20(14)9(2)10-3-4-21-7-10/h5-6,9-10H,3-4,7,16H2,1-2H3. The minimum absolute atomic E-state index is 0.192. The van der Waals surface area contributed by atoms with Crippen LogP contribution in [0, 0.1) is 12.8 Å². The lowest BCUT2D eigenvalue weighted by Gasteiger charge is -2.19. The molecular weight excluding hydrogens is 334 g/mol. The number of halogens is 1. The van der Waals surface area contributed by atoms with Gasteiger partial charge in [-0.1, -0.05) is 15.9 Å². The number of nitrogens with zero attached hydrogens (tertiary/aromatic N) is 4. The predicted octanol–water partition coefficient (Wildman–Crippen LogP) is 2.59. The Hall–Kier alpha value is -1.47. The van der Waals surface area contributed by atoms with Gasteiger partial charge in [-0.25, -0.2) is 4.68 Å². The van der Waals surface area contributed by atoms with Gasteiger partial charge >= 0.3 is 0 Å². The van der Waals surface area contributed by atoms with Gasteiger partial charge in [-0.3, -0.25) is 0 Å². The quantitative estimate of drug-likeness (QED) is 0.859. The summed E-state index contributed by atoms with van der Waals surface area (Å²) in [4.78, 5) is 0. The van der Waals surface area contributed by atoms with Crippen LogP contribution in [0.5, 0.6) is 0 Å². The first kappa shape index (κ1) is 14.5. The SMILES string of the molecule is Cc1c(N)cc(Br)cc1-c1nnnn1C(C)C1CCOC1. The summed E-state index contributed by atoms with van der Waals surface area (Å²) in [6.45, 7) is 5.70. The fourth-order valence-corrected chi connectivity index (χ4v) is 3.19. The van der Waals surface area contributed by atoms with Crippen LogP contribution in [-0.2, 0) is 4.74 Å². The van der Waals surface area contributed by atoms with Crippen LogP contribution in [0.2, 0.25) is 0 Å². The van der Waals surface area contributed by atoms with Gasteiger partial charge in [0.25, 0.3) is 0 Å². The van der Waals surface area contributed by atoms with Gasteiger partial charge < -0.3 is 10.5 Å². The van der Waals surface area contributed by atoms with Crippen molar-refractivity contribution in [1.29, 1.82) is 0 Å². The molecule has 1 aromatic heterocycles. The van der Waals surface area contributed by atoms with Crippen molar-refractivity contribution in [1.82, 2.24) is 20.2 Å². The molecule has 6 nitrogen and oxygen atoms in total. The smallest absolute Gasteiger partial charge is 0.182 e. The Balaban J connectivity index is 2.03. The summed E-state index contributed by atoms with van der Waals surface area (Å²) in [6.07, 6.45) is 1.04. The number of nitrogen functional groups attached to an aromatic ring is 1. The summed E-state index contributed by atoms with van der Waals surface area (Å²) >= 11 is 3.48. The van der Waals surface area contributed by atoms with Crippen LogP contribution < -0.4 is 5.73 Å². The number of rotatable bonds is 3. The molecule has 0 aliphatic carbocycles. The van der Waals surface area contributed by atoms with Gasteiger partial charge in [-0.15, -0.1) is 5.10 Å². The maximum atomic E-state index is 6.05. The molecule has 0 saturated carbocycles. The summed E-state index contributed by atoms with van der Waals surface area (Å²) in [5.74, 6) is 1.19. The van der Waals surface area contributed by atoms with Crippen molar-refractivity contribution in [2.75, 3.05) is 18.9 Å². The maximum absolute atomic E-state index is 6.05. The second kappa shape index (κ2) is 5.73. The Morgan fingerprint density at radius 3 is 3.00 bits per heavy atom. The average molecular weight is 352 g/mol. The minimum Gasteiger partial charge on any atom is -0.398 e. The lowest BCUT2D eigenvalue weighted by atomic mass is 10.00. The van der Waals surface area contributed by atoms with Gasteiger partial charge in [0.15, 0.2) is 5.82 Å².